The van der Waals surface area contributed by atoms with E-state index in [1.54, 1.807) is 0 Å². The standard InChI is InChI=1S/C13H13ClN4O/c1-9-2-4-10(5-3-9)6-15-13-11(7-18-19)12(14)16-8-17-13/h2-5,7-8,19H,6H2,1H3,(H,15,16,17)/b18-7+. The molecule has 0 aliphatic heterocycles. The number of aryl methyl sites for hydroxylation is 1. The van der Waals surface area contributed by atoms with Crippen LogP contribution >= 0.6 is 11.6 Å². The predicted octanol–water partition coefficient (Wildman–Crippen LogP) is 2.86. The molecule has 0 saturated heterocycles. The van der Waals surface area contributed by atoms with Crippen LogP contribution in [0.4, 0.5) is 5.82 Å². The Kier molecular flexibility index (Phi) is 4.30. The Balaban J connectivity index is 2.15. The molecule has 0 unspecified atom stereocenters. The second kappa shape index (κ2) is 6.15. The number of hydrogen-bond donors (Lipinski definition) is 2. The van der Waals surface area contributed by atoms with Gasteiger partial charge >= 0.3 is 0 Å². The molecule has 0 fully saturated rings. The lowest BCUT2D eigenvalue weighted by atomic mass is 10.1. The van der Waals surface area contributed by atoms with E-state index in [2.05, 4.69) is 20.4 Å². The van der Waals surface area contributed by atoms with Gasteiger partial charge in [-0.1, -0.05) is 46.6 Å². The Morgan fingerprint density at radius 2 is 2.05 bits per heavy atom. The largest absolute Gasteiger partial charge is 0.411 e. The monoisotopic (exact) mass is 276 g/mol. The Bertz CT molecular complexity index is 584. The van der Waals surface area contributed by atoms with Gasteiger partial charge in [0.25, 0.3) is 0 Å². The number of benzene rings is 1. The molecule has 2 N–H and O–H groups in total. The van der Waals surface area contributed by atoms with Crippen LogP contribution in [0, 0.1) is 6.92 Å². The maximum absolute atomic E-state index is 8.61. The van der Waals surface area contributed by atoms with Gasteiger partial charge in [-0.2, -0.15) is 0 Å². The molecule has 1 aromatic heterocycles. The molecule has 0 spiro atoms. The average Bonchev–Trinajstić information content (AvgIpc) is 2.41. The van der Waals surface area contributed by atoms with Crippen LogP contribution in [0.15, 0.2) is 35.7 Å². The van der Waals surface area contributed by atoms with Gasteiger partial charge in [0.2, 0.25) is 0 Å². The van der Waals surface area contributed by atoms with E-state index >= 15 is 0 Å². The van der Waals surface area contributed by atoms with Crippen molar-refractivity contribution in [2.75, 3.05) is 5.32 Å². The van der Waals surface area contributed by atoms with E-state index in [0.717, 1.165) is 5.56 Å². The minimum atomic E-state index is 0.235. The van der Waals surface area contributed by atoms with Crippen molar-refractivity contribution < 1.29 is 5.21 Å². The first-order valence-corrected chi connectivity index (χ1v) is 6.06. The molecule has 1 aromatic carbocycles. The fraction of sp³-hybridized carbons (Fsp3) is 0.154. The Morgan fingerprint density at radius 3 is 2.74 bits per heavy atom. The van der Waals surface area contributed by atoms with Crippen LogP contribution in [0.3, 0.4) is 0 Å². The van der Waals surface area contributed by atoms with Crippen LogP contribution in [0.1, 0.15) is 16.7 Å². The number of aromatic nitrogens is 2. The minimum absolute atomic E-state index is 0.235. The first-order chi connectivity index (χ1) is 9.20. The number of hydrogen-bond acceptors (Lipinski definition) is 5. The molecule has 0 saturated carbocycles. The molecular weight excluding hydrogens is 264 g/mol. The highest BCUT2D eigenvalue weighted by Gasteiger charge is 2.07. The maximum Gasteiger partial charge on any atom is 0.143 e. The zero-order valence-electron chi connectivity index (χ0n) is 10.3. The third-order valence-corrected chi connectivity index (χ3v) is 2.90. The van der Waals surface area contributed by atoms with Gasteiger partial charge in [0.15, 0.2) is 0 Å². The van der Waals surface area contributed by atoms with Crippen molar-refractivity contribution in [1.29, 1.82) is 0 Å². The minimum Gasteiger partial charge on any atom is -0.411 e. The molecule has 0 aliphatic carbocycles. The first kappa shape index (κ1) is 13.3. The summed E-state index contributed by atoms with van der Waals surface area (Å²) < 4.78 is 0. The molecule has 0 bridgehead atoms. The van der Waals surface area contributed by atoms with E-state index in [0.29, 0.717) is 17.9 Å². The summed E-state index contributed by atoms with van der Waals surface area (Å²) in [5.74, 6) is 0.526. The molecule has 5 nitrogen and oxygen atoms in total. The molecule has 98 valence electrons. The summed E-state index contributed by atoms with van der Waals surface area (Å²) in [5, 5.41) is 14.9. The molecule has 6 heteroatoms. The van der Waals surface area contributed by atoms with E-state index in [1.165, 1.54) is 18.1 Å². The summed E-state index contributed by atoms with van der Waals surface area (Å²) in [7, 11) is 0. The van der Waals surface area contributed by atoms with Crippen LogP contribution in [0.5, 0.6) is 0 Å². The van der Waals surface area contributed by atoms with Crippen molar-refractivity contribution in [2.45, 2.75) is 13.5 Å². The molecule has 2 rings (SSSR count). The van der Waals surface area contributed by atoms with Gasteiger partial charge in [-0.15, -0.1) is 0 Å². The third kappa shape index (κ3) is 3.42. The van der Waals surface area contributed by atoms with Crippen molar-refractivity contribution in [1.82, 2.24) is 9.97 Å². The molecule has 0 aliphatic rings. The highest BCUT2D eigenvalue weighted by Crippen LogP contribution is 2.18. The first-order valence-electron chi connectivity index (χ1n) is 5.68. The highest BCUT2D eigenvalue weighted by molar-refractivity contribution is 6.32. The van der Waals surface area contributed by atoms with E-state index in [-0.39, 0.29) is 5.15 Å². The van der Waals surface area contributed by atoms with Crippen LogP contribution in [-0.2, 0) is 6.54 Å². The lowest BCUT2D eigenvalue weighted by Crippen LogP contribution is -2.05. The Hall–Kier alpha value is -2.14. The maximum atomic E-state index is 8.61. The molecule has 2 aromatic rings. The molecule has 19 heavy (non-hydrogen) atoms. The van der Waals surface area contributed by atoms with Gasteiger partial charge in [-0.05, 0) is 12.5 Å². The number of nitrogens with one attached hydrogen (secondary N) is 1. The Labute approximate surface area is 116 Å². The number of oxime groups is 1. The molecule has 0 radical (unpaired) electrons. The van der Waals surface area contributed by atoms with Crippen molar-refractivity contribution in [3.05, 3.63) is 52.4 Å². The zero-order chi connectivity index (χ0) is 13.7. The molecule has 0 amide bonds. The van der Waals surface area contributed by atoms with Gasteiger partial charge in [-0.25, -0.2) is 9.97 Å². The zero-order valence-corrected chi connectivity index (χ0v) is 11.1. The van der Waals surface area contributed by atoms with E-state index in [9.17, 15) is 0 Å². The fourth-order valence-corrected chi connectivity index (χ4v) is 1.76. The van der Waals surface area contributed by atoms with E-state index < -0.39 is 0 Å². The Morgan fingerprint density at radius 1 is 1.32 bits per heavy atom. The van der Waals surface area contributed by atoms with E-state index in [4.69, 9.17) is 16.8 Å². The number of halogens is 1. The number of nitrogens with zero attached hydrogens (tertiary/aromatic N) is 3. The highest BCUT2D eigenvalue weighted by atomic mass is 35.5. The summed E-state index contributed by atoms with van der Waals surface area (Å²) in [6, 6.07) is 8.15. The smallest absolute Gasteiger partial charge is 0.143 e. The van der Waals surface area contributed by atoms with Gasteiger partial charge in [-0.3, -0.25) is 0 Å². The van der Waals surface area contributed by atoms with Crippen LogP contribution in [0.2, 0.25) is 5.15 Å². The quantitative estimate of drug-likeness (QED) is 0.390. The van der Waals surface area contributed by atoms with Crippen LogP contribution in [0.25, 0.3) is 0 Å². The van der Waals surface area contributed by atoms with Crippen molar-refractivity contribution in [3.63, 3.8) is 0 Å². The predicted molar refractivity (Wildman–Crippen MR) is 74.9 cm³/mol. The second-order valence-electron chi connectivity index (χ2n) is 4.01. The normalized spacial score (nSPS) is 10.8. The summed E-state index contributed by atoms with van der Waals surface area (Å²) in [6.45, 7) is 2.64. The average molecular weight is 277 g/mol. The van der Waals surface area contributed by atoms with Crippen LogP contribution < -0.4 is 5.32 Å². The number of anilines is 1. The lowest BCUT2D eigenvalue weighted by Gasteiger charge is -2.08. The SMILES string of the molecule is Cc1ccc(CNc2ncnc(Cl)c2/C=N/O)cc1. The van der Waals surface area contributed by atoms with Gasteiger partial charge in [0, 0.05) is 6.54 Å². The van der Waals surface area contributed by atoms with Gasteiger partial charge in [0.05, 0.1) is 11.8 Å². The van der Waals surface area contributed by atoms with Crippen LogP contribution in [-0.4, -0.2) is 21.4 Å². The lowest BCUT2D eigenvalue weighted by molar-refractivity contribution is 0.322. The summed E-state index contributed by atoms with van der Waals surface area (Å²) >= 11 is 5.92. The van der Waals surface area contributed by atoms with Crippen molar-refractivity contribution in [2.24, 2.45) is 5.16 Å². The molecular formula is C13H13ClN4O. The fourth-order valence-electron chi connectivity index (χ4n) is 1.58. The molecule has 1 heterocycles. The van der Waals surface area contributed by atoms with Gasteiger partial charge in [0.1, 0.15) is 17.3 Å². The summed E-state index contributed by atoms with van der Waals surface area (Å²) in [6.07, 6.45) is 2.56. The number of rotatable bonds is 4. The van der Waals surface area contributed by atoms with Gasteiger partial charge < -0.3 is 10.5 Å². The van der Waals surface area contributed by atoms with Crippen molar-refractivity contribution in [3.8, 4) is 0 Å². The van der Waals surface area contributed by atoms with Crippen molar-refractivity contribution >= 4 is 23.6 Å². The second-order valence-corrected chi connectivity index (χ2v) is 4.37. The topological polar surface area (TPSA) is 70.4 Å². The summed E-state index contributed by atoms with van der Waals surface area (Å²) in [4.78, 5) is 7.92. The third-order valence-electron chi connectivity index (χ3n) is 2.60. The molecule has 0 atom stereocenters. The van der Waals surface area contributed by atoms with E-state index in [1.807, 2.05) is 31.2 Å². The summed E-state index contributed by atoms with van der Waals surface area (Å²) in [5.41, 5.74) is 2.79.